The smallest absolute Gasteiger partial charge is 0.417 e. The number of hydrogen-bond donors (Lipinski definition) is 1. The van der Waals surface area contributed by atoms with Crippen molar-refractivity contribution in [2.45, 2.75) is 43.8 Å². The second kappa shape index (κ2) is 15.2. The molecular formula is C31H35NO9. The summed E-state index contributed by atoms with van der Waals surface area (Å²) in [6.07, 6.45) is 1.57. The topological polar surface area (TPSA) is 121 Å². The van der Waals surface area contributed by atoms with Crippen LogP contribution in [0.1, 0.15) is 17.5 Å². The first-order valence-electron chi connectivity index (χ1n) is 13.5. The number of cyclic esters (lactones) is 1. The van der Waals surface area contributed by atoms with E-state index in [4.69, 9.17) is 23.7 Å². The van der Waals surface area contributed by atoms with Crippen LogP contribution in [0.3, 0.4) is 0 Å². The van der Waals surface area contributed by atoms with Crippen molar-refractivity contribution < 1.29 is 43.2 Å². The normalized spacial score (nSPS) is 21.0. The van der Waals surface area contributed by atoms with Gasteiger partial charge >= 0.3 is 6.09 Å². The minimum atomic E-state index is -1.34. The van der Waals surface area contributed by atoms with Crippen LogP contribution in [0.25, 0.3) is 0 Å². The predicted octanol–water partition coefficient (Wildman–Crippen LogP) is 2.98. The molecule has 4 rings (SSSR count). The Balaban J connectivity index is 1.29. The van der Waals surface area contributed by atoms with Crippen molar-refractivity contribution in [2.75, 3.05) is 33.5 Å². The van der Waals surface area contributed by atoms with Gasteiger partial charge in [-0.2, -0.15) is 0 Å². The number of hydrogen-bond acceptors (Lipinski definition) is 9. The van der Waals surface area contributed by atoms with E-state index < -0.39 is 42.1 Å². The summed E-state index contributed by atoms with van der Waals surface area (Å²) < 4.78 is 27.7. The van der Waals surface area contributed by atoms with Crippen LogP contribution >= 0.6 is 0 Å². The average Bonchev–Trinajstić information content (AvgIpc) is 3.36. The van der Waals surface area contributed by atoms with Crippen molar-refractivity contribution in [3.05, 3.63) is 95.8 Å². The number of ether oxygens (including phenoxy) is 5. The lowest BCUT2D eigenvalue weighted by molar-refractivity contribution is -0.153. The van der Waals surface area contributed by atoms with Crippen molar-refractivity contribution in [3.8, 4) is 0 Å². The Morgan fingerprint density at radius 3 is 2.46 bits per heavy atom. The van der Waals surface area contributed by atoms with Gasteiger partial charge in [-0.15, -0.1) is 0 Å². The molecular weight excluding hydrogens is 530 g/mol. The van der Waals surface area contributed by atoms with Gasteiger partial charge in [-0.05, 0) is 42.2 Å². The molecule has 0 aliphatic carbocycles. The highest BCUT2D eigenvalue weighted by Gasteiger charge is 2.46. The summed E-state index contributed by atoms with van der Waals surface area (Å²) in [6, 6.07) is 18.6. The van der Waals surface area contributed by atoms with Crippen molar-refractivity contribution in [1.82, 2.24) is 4.90 Å². The van der Waals surface area contributed by atoms with Gasteiger partial charge in [0, 0.05) is 7.11 Å². The van der Waals surface area contributed by atoms with E-state index in [9.17, 15) is 19.5 Å². The molecule has 2 amide bonds. The van der Waals surface area contributed by atoms with E-state index in [1.807, 2.05) is 60.7 Å². The van der Waals surface area contributed by atoms with Gasteiger partial charge in [0.1, 0.15) is 18.5 Å². The number of imide groups is 1. The number of allylic oxidation sites excluding steroid dienone is 1. The van der Waals surface area contributed by atoms with Gasteiger partial charge < -0.3 is 28.8 Å². The number of methoxy groups -OCH3 is 1. The summed E-state index contributed by atoms with van der Waals surface area (Å²) in [4.78, 5) is 39.6. The first-order chi connectivity index (χ1) is 20.0. The van der Waals surface area contributed by atoms with Crippen LogP contribution in [-0.4, -0.2) is 85.7 Å². The Hall–Kier alpha value is -3.83. The fourth-order valence-corrected chi connectivity index (χ4v) is 4.53. The van der Waals surface area contributed by atoms with Crippen molar-refractivity contribution in [2.24, 2.45) is 0 Å². The molecule has 0 unspecified atom stereocenters. The summed E-state index contributed by atoms with van der Waals surface area (Å²) in [7, 11) is 1.29. The molecule has 0 bridgehead atoms. The van der Waals surface area contributed by atoms with Gasteiger partial charge in [0.05, 0.1) is 32.5 Å². The van der Waals surface area contributed by atoms with Crippen molar-refractivity contribution in [1.29, 1.82) is 0 Å². The second-order valence-corrected chi connectivity index (χ2v) is 9.63. The van der Waals surface area contributed by atoms with Crippen LogP contribution in [0.4, 0.5) is 4.79 Å². The molecule has 41 heavy (non-hydrogen) atoms. The molecule has 2 aliphatic rings. The molecule has 1 saturated heterocycles. The Bertz CT molecular complexity index is 1210. The van der Waals surface area contributed by atoms with Crippen LogP contribution < -0.4 is 0 Å². The van der Waals surface area contributed by atoms with Crippen LogP contribution in [0.15, 0.2) is 84.7 Å². The zero-order valence-electron chi connectivity index (χ0n) is 22.9. The number of aliphatic hydroxyl groups is 1. The average molecular weight is 566 g/mol. The van der Waals surface area contributed by atoms with Gasteiger partial charge in [0.25, 0.3) is 5.91 Å². The fraction of sp³-hybridized carbons (Fsp3) is 0.387. The largest absolute Gasteiger partial charge is 0.479 e. The van der Waals surface area contributed by atoms with E-state index in [0.717, 1.165) is 16.0 Å². The van der Waals surface area contributed by atoms with Crippen molar-refractivity contribution >= 4 is 17.8 Å². The number of ketones is 1. The number of rotatable bonds is 14. The molecule has 2 aromatic rings. The quantitative estimate of drug-likeness (QED) is 0.345. The lowest BCUT2D eigenvalue weighted by Gasteiger charge is -2.30. The number of aliphatic hydroxyl groups excluding tert-OH is 1. The number of carbonyl (C=O) groups excluding carboxylic acids is 3. The maximum absolute atomic E-state index is 13.4. The Labute approximate surface area is 239 Å². The third kappa shape index (κ3) is 8.34. The molecule has 0 saturated carbocycles. The lowest BCUT2D eigenvalue weighted by atomic mass is 10.0. The van der Waals surface area contributed by atoms with Gasteiger partial charge in [0.15, 0.2) is 18.0 Å². The van der Waals surface area contributed by atoms with Crippen LogP contribution in [0, 0.1) is 0 Å². The van der Waals surface area contributed by atoms with E-state index in [1.54, 1.807) is 6.08 Å². The Morgan fingerprint density at radius 2 is 1.78 bits per heavy atom. The van der Waals surface area contributed by atoms with Gasteiger partial charge in [0.2, 0.25) is 0 Å². The van der Waals surface area contributed by atoms with E-state index in [2.05, 4.69) is 0 Å². The zero-order chi connectivity index (χ0) is 29.0. The highest BCUT2D eigenvalue weighted by molar-refractivity contribution is 6.03. The number of amides is 2. The molecule has 10 nitrogen and oxygen atoms in total. The number of nitrogens with zero attached hydrogens (tertiary/aromatic N) is 1. The van der Waals surface area contributed by atoms with E-state index in [-0.39, 0.29) is 19.8 Å². The first kappa shape index (κ1) is 30.1. The maximum atomic E-state index is 13.4. The minimum absolute atomic E-state index is 0.0505. The Kier molecular flexibility index (Phi) is 11.2. The minimum Gasteiger partial charge on any atom is -0.479 e. The summed E-state index contributed by atoms with van der Waals surface area (Å²) >= 11 is 0. The lowest BCUT2D eigenvalue weighted by Crippen LogP contribution is -2.53. The molecule has 0 radical (unpaired) electrons. The molecule has 2 aliphatic heterocycles. The SMILES string of the molecule is CO[C@H](C(=O)N1C(=O)OC[C@@H]1Cc1ccccc1)[C@@H]1OC(=CCCOC[C@@H](CO)OCc2ccccc2)C=CC1=O. The van der Waals surface area contributed by atoms with Gasteiger partial charge in [-0.1, -0.05) is 60.7 Å². The third-order valence-electron chi connectivity index (χ3n) is 6.68. The highest BCUT2D eigenvalue weighted by Crippen LogP contribution is 2.24. The summed E-state index contributed by atoms with van der Waals surface area (Å²) in [6.45, 7) is 0.773. The van der Waals surface area contributed by atoms with Crippen molar-refractivity contribution in [3.63, 3.8) is 0 Å². The second-order valence-electron chi connectivity index (χ2n) is 9.63. The van der Waals surface area contributed by atoms with Gasteiger partial charge in [-0.3, -0.25) is 9.59 Å². The highest BCUT2D eigenvalue weighted by atomic mass is 16.6. The molecule has 10 heteroatoms. The summed E-state index contributed by atoms with van der Waals surface area (Å²) in [5.74, 6) is -0.776. The standard InChI is InChI=1S/C31H35NO9/c1-37-29(30(35)32-24(20-40-31(32)36)17-22-9-4-2-5-10-22)28-27(34)15-14-25(41-28)13-8-16-38-21-26(18-33)39-19-23-11-6-3-7-12-23/h2-7,9-15,24,26,28-29,33H,8,16-21H2,1H3/t24-,26+,28+,29-/m0/s1. The summed E-state index contributed by atoms with van der Waals surface area (Å²) in [5, 5.41) is 9.57. The van der Waals surface area contributed by atoms with Crippen LogP contribution in [-0.2, 0) is 46.3 Å². The zero-order valence-corrected chi connectivity index (χ0v) is 22.9. The van der Waals surface area contributed by atoms with Gasteiger partial charge in [-0.25, -0.2) is 9.69 Å². The predicted molar refractivity (Wildman–Crippen MR) is 148 cm³/mol. The molecule has 1 fully saturated rings. The van der Waals surface area contributed by atoms with E-state index in [1.165, 1.54) is 19.3 Å². The maximum Gasteiger partial charge on any atom is 0.417 e. The number of carbonyl (C=O) groups is 3. The van der Waals surface area contributed by atoms with E-state index in [0.29, 0.717) is 31.8 Å². The molecule has 0 spiro atoms. The van der Waals surface area contributed by atoms with Crippen LogP contribution in [0.2, 0.25) is 0 Å². The van der Waals surface area contributed by atoms with E-state index >= 15 is 0 Å². The molecule has 218 valence electrons. The third-order valence-corrected chi connectivity index (χ3v) is 6.68. The molecule has 2 aromatic carbocycles. The molecule has 1 N–H and O–H groups in total. The fourth-order valence-electron chi connectivity index (χ4n) is 4.53. The number of benzene rings is 2. The summed E-state index contributed by atoms with van der Waals surface area (Å²) in [5.41, 5.74) is 1.94. The van der Waals surface area contributed by atoms with Crippen LogP contribution in [0.5, 0.6) is 0 Å². The molecule has 0 aromatic heterocycles. The molecule has 2 heterocycles. The Morgan fingerprint density at radius 1 is 1.07 bits per heavy atom. The monoisotopic (exact) mass is 565 g/mol. The first-order valence-corrected chi connectivity index (χ1v) is 13.5. The molecule has 4 atom stereocenters.